The molecule has 2 saturated carbocycles. The van der Waals surface area contributed by atoms with E-state index in [9.17, 15) is 28.2 Å². The van der Waals surface area contributed by atoms with Gasteiger partial charge in [-0.1, -0.05) is 108 Å². The molecule has 112 heavy (non-hydrogen) atoms. The third kappa shape index (κ3) is 26.9. The first-order valence-corrected chi connectivity index (χ1v) is 56.8. The quantitative estimate of drug-likeness (QED) is 0.00914. The minimum absolute atomic E-state index is 0. The Kier molecular flexibility index (Phi) is 35.3. The number of carbonyl (C=O) groups is 2. The number of aliphatic carboxylic acids is 2. The number of nitrogens with zero attached hydrogens (tertiary/aromatic N) is 12. The summed E-state index contributed by atoms with van der Waals surface area (Å²) in [5.41, 5.74) is 4.25. The number of hydrogen-bond acceptors (Lipinski definition) is 25. The maximum Gasteiger partial charge on any atom is 1.00 e. The maximum absolute atomic E-state index is 14.1. The van der Waals surface area contributed by atoms with Crippen molar-refractivity contribution in [1.82, 2.24) is 59.1 Å². The van der Waals surface area contributed by atoms with Gasteiger partial charge in [0.2, 0.25) is 0 Å². The Morgan fingerprint density at radius 3 is 1.21 bits per heavy atom. The topological polar surface area (TPSA) is 367 Å². The number of ether oxygens (including phenoxy) is 8. The first kappa shape index (κ1) is 93.8. The fourth-order valence-corrected chi connectivity index (χ4v) is 18.0. The van der Waals surface area contributed by atoms with Gasteiger partial charge >= 0.3 is 41.5 Å². The van der Waals surface area contributed by atoms with Crippen molar-refractivity contribution >= 4 is 110 Å². The van der Waals surface area contributed by atoms with Crippen LogP contribution in [0.2, 0.25) is 103 Å². The number of fused-ring (bicyclic) bond motifs is 2. The average molecular weight is 1780 g/mol. The van der Waals surface area contributed by atoms with Crippen LogP contribution in [0, 0.1) is 3.57 Å². The van der Waals surface area contributed by atoms with Crippen LogP contribution < -0.4 is 39.4 Å². The molecule has 0 aromatic carbocycles. The molecule has 2 aliphatic carbocycles. The summed E-state index contributed by atoms with van der Waals surface area (Å²) in [5, 5.41) is 30.2. The van der Waals surface area contributed by atoms with Crippen LogP contribution in [-0.2, 0) is 76.4 Å². The molecule has 8 heterocycles. The zero-order chi connectivity index (χ0) is 81.1. The molecule has 30 nitrogen and oxygen atoms in total. The summed E-state index contributed by atoms with van der Waals surface area (Å²) in [4.78, 5) is 63.6. The molecule has 4 N–H and O–H groups in total. The molecule has 612 valence electrons. The maximum atomic E-state index is 14.1. The third-order valence-electron chi connectivity index (χ3n) is 19.2. The number of carboxylic acid groups (broad SMARTS) is 2. The molecule has 2 aliphatic rings. The number of rotatable bonds is 39. The summed E-state index contributed by atoms with van der Waals surface area (Å²) in [7, 11) is -8.16. The first-order chi connectivity index (χ1) is 52.4. The van der Waals surface area contributed by atoms with Gasteiger partial charge in [0, 0.05) is 150 Å². The second kappa shape index (κ2) is 42.2. The fraction of sp³-hybridized carbons (Fsp3) is 0.595. The molecular formula is C74H114IN14NaO16S2Si4. The van der Waals surface area contributed by atoms with E-state index in [1.54, 1.807) is 53.7 Å². The molecule has 0 aliphatic heterocycles. The Balaban J connectivity index is 0.000000294. The SMILES string of the molecule is COCCOC1(C(=O)O)CCC(c2nc3c(-c4ccc(-c5ncc[nH]5)nc4)cnn3c(N(COCC[Si](C)(C)C)COCC[Si](C)(C)C)c2I)CC1.COCCOC1(C(=O)O)CCC(c2nc3c(-c4ccc(-c5ncc[nH]5)nc4)cnn3c(N(COCC[Si](C)(C)C)COCC[Si](C)(C)C)c2S(C)(=O)=O)CC1.C[S-](=O)=O.[Na+]. The molecule has 2 fully saturated rings. The number of hydrogen-bond donors (Lipinski definition) is 4. The number of methoxy groups -OCH3 is 2. The summed E-state index contributed by atoms with van der Waals surface area (Å²) in [6.45, 7) is 31.9. The van der Waals surface area contributed by atoms with Crippen LogP contribution >= 0.6 is 22.6 Å². The van der Waals surface area contributed by atoms with Crippen LogP contribution in [0.1, 0.15) is 74.6 Å². The molecule has 8 aromatic rings. The number of nitrogens with one attached hydrogen (secondary N) is 2. The molecule has 10 rings (SSSR count). The summed E-state index contributed by atoms with van der Waals surface area (Å²) in [6, 6.07) is 11.7. The van der Waals surface area contributed by atoms with Gasteiger partial charge in [-0.05, 0) is 110 Å². The molecule has 8 aromatic heterocycles. The number of H-pyrrole nitrogens is 2. The minimum Gasteiger partial charge on any atom is -0.479 e. The monoisotopic (exact) mass is 1780 g/mol. The molecule has 0 atom stereocenters. The second-order valence-corrected chi connectivity index (χ2v) is 59.4. The number of sulfone groups is 1. The van der Waals surface area contributed by atoms with Crippen LogP contribution in [0.5, 0.6) is 0 Å². The number of aromatic nitrogens is 12. The van der Waals surface area contributed by atoms with E-state index >= 15 is 0 Å². The predicted octanol–water partition coefficient (Wildman–Crippen LogP) is 10.5. The van der Waals surface area contributed by atoms with Crippen molar-refractivity contribution in [3.8, 4) is 45.3 Å². The molecule has 0 unspecified atom stereocenters. The van der Waals surface area contributed by atoms with Crippen LogP contribution in [-0.4, -0.2) is 240 Å². The van der Waals surface area contributed by atoms with E-state index in [4.69, 9.17) is 71.5 Å². The van der Waals surface area contributed by atoms with Gasteiger partial charge < -0.3 is 76.3 Å². The van der Waals surface area contributed by atoms with Gasteiger partial charge in [0.1, 0.15) is 43.2 Å². The Hall–Kier alpha value is -5.32. The van der Waals surface area contributed by atoms with Gasteiger partial charge in [-0.25, -0.2) is 37.9 Å². The summed E-state index contributed by atoms with van der Waals surface area (Å²) >= 11 is 2.39. The molecule has 0 radical (unpaired) electrons. The van der Waals surface area contributed by atoms with Gasteiger partial charge in [-0.3, -0.25) is 9.97 Å². The zero-order valence-electron chi connectivity index (χ0n) is 68.2. The van der Waals surface area contributed by atoms with Gasteiger partial charge in [-0.15, -0.1) is 0 Å². The zero-order valence-corrected chi connectivity index (χ0v) is 78.0. The number of anilines is 2. The Labute approximate surface area is 700 Å². The summed E-state index contributed by atoms with van der Waals surface area (Å²) in [6.07, 6.45) is 19.2. The smallest absolute Gasteiger partial charge is 0.479 e. The number of carboxylic acids is 2. The largest absolute Gasteiger partial charge is 1.00 e. The summed E-state index contributed by atoms with van der Waals surface area (Å²) in [5.74, 6) is 0.114. The molecule has 0 saturated heterocycles. The van der Waals surface area contributed by atoms with E-state index in [0.29, 0.717) is 131 Å². The van der Waals surface area contributed by atoms with Gasteiger partial charge in [0.05, 0.1) is 53.8 Å². The van der Waals surface area contributed by atoms with Crippen molar-refractivity contribution in [3.05, 3.63) is 88.8 Å². The second-order valence-electron chi connectivity index (χ2n) is 33.1. The van der Waals surface area contributed by atoms with Crippen molar-refractivity contribution < 1.29 is 104 Å². The van der Waals surface area contributed by atoms with Crippen molar-refractivity contribution in [2.24, 2.45) is 0 Å². The van der Waals surface area contributed by atoms with Gasteiger partial charge in [0.25, 0.3) is 0 Å². The third-order valence-corrected chi connectivity index (χ3v) is 28.2. The van der Waals surface area contributed by atoms with Crippen LogP contribution in [0.3, 0.4) is 0 Å². The van der Waals surface area contributed by atoms with E-state index < -0.39 is 81.9 Å². The number of aromatic amines is 2. The first-order valence-electron chi connectivity index (χ1n) is 37.5. The standard InChI is InChI=1S/C37H57N7O8SSi2.C36H54IN7O6Si2.CH3O2S.Na/c1-49-17-18-52-37(36(45)46)13-11-27(12-14-37)31-32(53(2,47)48)35(43(25-50-19-21-54(3,4)5)26-51-20-22-55(6,7)8)44-34(42-31)29(24-41-44)28-9-10-30(40-23-28)33-38-15-16-39-33;1-47-16-17-50-36(35(45)46)12-10-26(11-13-36)31-30(37)34(43(24-48-18-20-51(2,3)4)25-49-19-21-52(5,6)7)44-33(42-31)28(23-41-44)27-8-9-29(40-22-27)32-38-14-15-39-32;1-4(2)3;/h9-10,15-16,23-24,27H,11-14,17-22,25-26H2,1-8H3,(H,38,39)(H,45,46);8-9,14-15,22-23,26H,10-13,16-21,24-25H2,1-7H3,(H,38,39)(H,45,46);1H3;/q;;-1;+1. The molecular weight excluding hydrogens is 1670 g/mol. The van der Waals surface area contributed by atoms with E-state index in [0.717, 1.165) is 67.9 Å². The molecule has 0 spiro atoms. The number of pyridine rings is 2. The molecule has 0 amide bonds. The van der Waals surface area contributed by atoms with Crippen molar-refractivity contribution in [2.75, 3.05) is 116 Å². The van der Waals surface area contributed by atoms with E-state index in [-0.39, 0.29) is 86.5 Å². The normalized spacial score (nSPS) is 17.7. The van der Waals surface area contributed by atoms with E-state index in [1.165, 1.54) is 13.4 Å². The fourth-order valence-electron chi connectivity index (χ4n) is 12.7. The minimum atomic E-state index is -3.96. The van der Waals surface area contributed by atoms with E-state index in [2.05, 4.69) is 131 Å². The predicted molar refractivity (Wildman–Crippen MR) is 448 cm³/mol. The molecule has 38 heteroatoms. The Bertz CT molecular complexity index is 4440. The summed E-state index contributed by atoms with van der Waals surface area (Å²) < 4.78 is 98.0. The van der Waals surface area contributed by atoms with Gasteiger partial charge in [0.15, 0.2) is 55.6 Å². The van der Waals surface area contributed by atoms with Crippen molar-refractivity contribution in [3.63, 3.8) is 0 Å². The Morgan fingerprint density at radius 2 is 0.902 bits per heavy atom. The number of halogens is 1. The van der Waals surface area contributed by atoms with Crippen LogP contribution in [0.15, 0.2) is 78.7 Å². The van der Waals surface area contributed by atoms with Crippen molar-refractivity contribution in [2.45, 2.75) is 182 Å². The van der Waals surface area contributed by atoms with Crippen LogP contribution in [0.4, 0.5) is 11.6 Å². The van der Waals surface area contributed by atoms with Crippen LogP contribution in [0.25, 0.3) is 56.6 Å². The Morgan fingerprint density at radius 1 is 0.554 bits per heavy atom. The average Bonchev–Trinajstić information content (AvgIpc) is 1.42. The van der Waals surface area contributed by atoms with E-state index in [1.807, 2.05) is 41.2 Å². The van der Waals surface area contributed by atoms with Gasteiger partial charge in [-0.2, -0.15) is 19.2 Å². The van der Waals surface area contributed by atoms with Crippen molar-refractivity contribution in [1.29, 1.82) is 0 Å². The molecule has 0 bridgehead atoms. The number of imidazole rings is 2.